The van der Waals surface area contributed by atoms with Gasteiger partial charge in [0, 0.05) is 12.1 Å². The van der Waals surface area contributed by atoms with Gasteiger partial charge in [0.05, 0.1) is 11.3 Å². The molecule has 2 rings (SSSR count). The second kappa shape index (κ2) is 6.70. The molecule has 0 aliphatic carbocycles. The van der Waals surface area contributed by atoms with E-state index in [9.17, 15) is 9.59 Å². The molecule has 0 aliphatic heterocycles. The normalized spacial score (nSPS) is 10.0. The van der Waals surface area contributed by atoms with Crippen LogP contribution in [-0.4, -0.2) is 18.4 Å². The number of carbonyl (C=O) groups excluding carboxylic acids is 2. The van der Waals surface area contributed by atoms with Crippen LogP contribution in [0, 0.1) is 6.92 Å². The van der Waals surface area contributed by atoms with Crippen molar-refractivity contribution in [1.82, 2.24) is 5.32 Å². The van der Waals surface area contributed by atoms with Crippen molar-refractivity contribution in [3.8, 4) is 0 Å². The number of amides is 2. The maximum Gasteiger partial charge on any atom is 0.255 e. The Balaban J connectivity index is 2.23. The van der Waals surface area contributed by atoms with Crippen LogP contribution in [0.4, 0.5) is 5.69 Å². The standard InChI is InChI=1S/C17H18N2O2/c1-3-18-17(21)14-9-4-5-10-15(14)19-16(20)13-8-6-7-12(2)11-13/h4-11H,3H2,1-2H3,(H,18,21)(H,19,20). The zero-order valence-corrected chi connectivity index (χ0v) is 12.1. The van der Waals surface area contributed by atoms with E-state index in [0.29, 0.717) is 23.4 Å². The predicted octanol–water partition coefficient (Wildman–Crippen LogP) is 3.00. The summed E-state index contributed by atoms with van der Waals surface area (Å²) in [6.45, 7) is 4.32. The Morgan fingerprint density at radius 1 is 1.00 bits per heavy atom. The van der Waals surface area contributed by atoms with Gasteiger partial charge in [-0.05, 0) is 38.1 Å². The number of hydrogen-bond donors (Lipinski definition) is 2. The lowest BCUT2D eigenvalue weighted by Crippen LogP contribution is -2.24. The average Bonchev–Trinajstić information content (AvgIpc) is 2.48. The zero-order valence-electron chi connectivity index (χ0n) is 12.1. The summed E-state index contributed by atoms with van der Waals surface area (Å²) in [5.41, 5.74) is 2.55. The van der Waals surface area contributed by atoms with Crippen molar-refractivity contribution in [2.45, 2.75) is 13.8 Å². The molecular weight excluding hydrogens is 264 g/mol. The molecule has 4 nitrogen and oxygen atoms in total. The van der Waals surface area contributed by atoms with E-state index in [4.69, 9.17) is 0 Å². The molecule has 0 aliphatic rings. The lowest BCUT2D eigenvalue weighted by Gasteiger charge is -2.11. The summed E-state index contributed by atoms with van der Waals surface area (Å²) in [6, 6.07) is 14.3. The summed E-state index contributed by atoms with van der Waals surface area (Å²) in [7, 11) is 0. The summed E-state index contributed by atoms with van der Waals surface area (Å²) >= 11 is 0. The molecule has 2 aromatic rings. The van der Waals surface area contributed by atoms with Gasteiger partial charge in [-0.2, -0.15) is 0 Å². The minimum Gasteiger partial charge on any atom is -0.352 e. The van der Waals surface area contributed by atoms with Crippen molar-refractivity contribution in [2.75, 3.05) is 11.9 Å². The first-order chi connectivity index (χ1) is 10.1. The van der Waals surface area contributed by atoms with Crippen LogP contribution in [-0.2, 0) is 0 Å². The minimum atomic E-state index is -0.226. The molecule has 0 fully saturated rings. The zero-order chi connectivity index (χ0) is 15.2. The van der Waals surface area contributed by atoms with Crippen molar-refractivity contribution in [3.05, 3.63) is 65.2 Å². The Bertz CT molecular complexity index is 665. The number of anilines is 1. The summed E-state index contributed by atoms with van der Waals surface area (Å²) in [6.07, 6.45) is 0. The molecule has 108 valence electrons. The van der Waals surface area contributed by atoms with Crippen molar-refractivity contribution >= 4 is 17.5 Å². The summed E-state index contributed by atoms with van der Waals surface area (Å²) in [5, 5.41) is 5.53. The molecule has 21 heavy (non-hydrogen) atoms. The van der Waals surface area contributed by atoms with E-state index in [0.717, 1.165) is 5.56 Å². The maximum atomic E-state index is 12.3. The van der Waals surface area contributed by atoms with Crippen LogP contribution in [0.15, 0.2) is 48.5 Å². The fourth-order valence-corrected chi connectivity index (χ4v) is 2.03. The van der Waals surface area contributed by atoms with Gasteiger partial charge in [0.1, 0.15) is 0 Å². The first kappa shape index (κ1) is 14.8. The van der Waals surface area contributed by atoms with Gasteiger partial charge in [-0.3, -0.25) is 9.59 Å². The van der Waals surface area contributed by atoms with Crippen LogP contribution < -0.4 is 10.6 Å². The van der Waals surface area contributed by atoms with Crippen LogP contribution >= 0.6 is 0 Å². The fraction of sp³-hybridized carbons (Fsp3) is 0.176. The topological polar surface area (TPSA) is 58.2 Å². The number of aryl methyl sites for hydroxylation is 1. The van der Waals surface area contributed by atoms with Crippen molar-refractivity contribution in [2.24, 2.45) is 0 Å². The van der Waals surface area contributed by atoms with Crippen molar-refractivity contribution in [1.29, 1.82) is 0 Å². The van der Waals surface area contributed by atoms with Crippen LogP contribution in [0.1, 0.15) is 33.2 Å². The van der Waals surface area contributed by atoms with Gasteiger partial charge in [-0.15, -0.1) is 0 Å². The quantitative estimate of drug-likeness (QED) is 0.905. The first-order valence-electron chi connectivity index (χ1n) is 6.87. The fourth-order valence-electron chi connectivity index (χ4n) is 2.03. The number of benzene rings is 2. The van der Waals surface area contributed by atoms with E-state index in [1.165, 1.54) is 0 Å². The lowest BCUT2D eigenvalue weighted by molar-refractivity contribution is 0.0956. The molecule has 0 spiro atoms. The Kier molecular flexibility index (Phi) is 4.72. The van der Waals surface area contributed by atoms with E-state index >= 15 is 0 Å². The molecule has 0 saturated heterocycles. The molecule has 2 N–H and O–H groups in total. The Labute approximate surface area is 124 Å². The molecule has 0 heterocycles. The molecule has 2 amide bonds. The Morgan fingerprint density at radius 2 is 1.76 bits per heavy atom. The molecule has 0 aromatic heterocycles. The third-order valence-corrected chi connectivity index (χ3v) is 3.04. The SMILES string of the molecule is CCNC(=O)c1ccccc1NC(=O)c1cccc(C)c1. The molecule has 0 bridgehead atoms. The van der Waals surface area contributed by atoms with Gasteiger partial charge < -0.3 is 10.6 Å². The monoisotopic (exact) mass is 282 g/mol. The predicted molar refractivity (Wildman–Crippen MR) is 83.6 cm³/mol. The number of carbonyl (C=O) groups is 2. The molecule has 2 aromatic carbocycles. The average molecular weight is 282 g/mol. The van der Waals surface area contributed by atoms with Crippen LogP contribution in [0.3, 0.4) is 0 Å². The van der Waals surface area contributed by atoms with Gasteiger partial charge >= 0.3 is 0 Å². The second-order valence-electron chi connectivity index (χ2n) is 4.73. The van der Waals surface area contributed by atoms with Gasteiger partial charge in [0.15, 0.2) is 0 Å². The number of para-hydroxylation sites is 1. The van der Waals surface area contributed by atoms with E-state index < -0.39 is 0 Å². The van der Waals surface area contributed by atoms with E-state index in [-0.39, 0.29) is 11.8 Å². The molecule has 0 saturated carbocycles. The minimum absolute atomic E-state index is 0.197. The number of nitrogens with one attached hydrogen (secondary N) is 2. The highest BCUT2D eigenvalue weighted by Crippen LogP contribution is 2.16. The highest BCUT2D eigenvalue weighted by atomic mass is 16.2. The van der Waals surface area contributed by atoms with Crippen molar-refractivity contribution < 1.29 is 9.59 Å². The van der Waals surface area contributed by atoms with Gasteiger partial charge in [-0.25, -0.2) is 0 Å². The smallest absolute Gasteiger partial charge is 0.255 e. The molecule has 0 unspecified atom stereocenters. The number of hydrogen-bond acceptors (Lipinski definition) is 2. The molecule has 0 atom stereocenters. The van der Waals surface area contributed by atoms with E-state index in [1.54, 1.807) is 30.3 Å². The highest BCUT2D eigenvalue weighted by molar-refractivity contribution is 6.09. The first-order valence-corrected chi connectivity index (χ1v) is 6.87. The number of rotatable bonds is 4. The third kappa shape index (κ3) is 3.69. The summed E-state index contributed by atoms with van der Waals surface area (Å²) < 4.78 is 0. The molecule has 0 radical (unpaired) electrons. The van der Waals surface area contributed by atoms with E-state index in [2.05, 4.69) is 10.6 Å². The van der Waals surface area contributed by atoms with Crippen LogP contribution in [0.25, 0.3) is 0 Å². The lowest BCUT2D eigenvalue weighted by atomic mass is 10.1. The van der Waals surface area contributed by atoms with Gasteiger partial charge in [-0.1, -0.05) is 29.8 Å². The van der Waals surface area contributed by atoms with Crippen LogP contribution in [0.5, 0.6) is 0 Å². The Hall–Kier alpha value is -2.62. The molecular formula is C17H18N2O2. The second-order valence-corrected chi connectivity index (χ2v) is 4.73. The highest BCUT2D eigenvalue weighted by Gasteiger charge is 2.13. The van der Waals surface area contributed by atoms with E-state index in [1.807, 2.05) is 32.0 Å². The van der Waals surface area contributed by atoms with Gasteiger partial charge in [0.25, 0.3) is 11.8 Å². The van der Waals surface area contributed by atoms with Crippen molar-refractivity contribution in [3.63, 3.8) is 0 Å². The summed E-state index contributed by atoms with van der Waals surface area (Å²) in [5.74, 6) is -0.423. The summed E-state index contributed by atoms with van der Waals surface area (Å²) in [4.78, 5) is 24.2. The third-order valence-electron chi connectivity index (χ3n) is 3.04. The largest absolute Gasteiger partial charge is 0.352 e. The van der Waals surface area contributed by atoms with Crippen LogP contribution in [0.2, 0.25) is 0 Å². The van der Waals surface area contributed by atoms with Gasteiger partial charge in [0.2, 0.25) is 0 Å². The Morgan fingerprint density at radius 3 is 2.48 bits per heavy atom. The molecule has 4 heteroatoms. The maximum absolute atomic E-state index is 12.3.